The van der Waals surface area contributed by atoms with Gasteiger partial charge in [0.15, 0.2) is 5.66 Å². The van der Waals surface area contributed by atoms with E-state index in [9.17, 15) is 4.79 Å². The number of carbonyl (C=O) groups is 1. The summed E-state index contributed by atoms with van der Waals surface area (Å²) in [4.78, 5) is 12.3. The van der Waals surface area contributed by atoms with E-state index in [4.69, 9.17) is 4.74 Å². The molecule has 0 saturated heterocycles. The standard InChI is InChI=1S/C16H34O2P/c1-8-9-10-11-12-13-18-15(17)14(16(2,3)4)19(5,6)7/h14H,8-13H2,1-7H3/q+1. The van der Waals surface area contributed by atoms with Crippen molar-refractivity contribution in [1.29, 1.82) is 0 Å². The summed E-state index contributed by atoms with van der Waals surface area (Å²) in [6.45, 7) is 15.9. The molecule has 2 nitrogen and oxygen atoms in total. The van der Waals surface area contributed by atoms with Gasteiger partial charge in [-0.1, -0.05) is 53.4 Å². The van der Waals surface area contributed by atoms with Crippen LogP contribution in [0.2, 0.25) is 0 Å². The Morgan fingerprint density at radius 1 is 1.05 bits per heavy atom. The van der Waals surface area contributed by atoms with Crippen molar-refractivity contribution in [3.05, 3.63) is 0 Å². The summed E-state index contributed by atoms with van der Waals surface area (Å²) < 4.78 is 5.53. The van der Waals surface area contributed by atoms with E-state index >= 15 is 0 Å². The lowest BCUT2D eigenvalue weighted by Gasteiger charge is -2.33. The summed E-state index contributed by atoms with van der Waals surface area (Å²) in [7, 11) is -1.24. The zero-order valence-electron chi connectivity index (χ0n) is 14.1. The maximum atomic E-state index is 12.3. The molecule has 0 fully saturated rings. The lowest BCUT2D eigenvalue weighted by molar-refractivity contribution is -0.145. The molecule has 0 aliphatic carbocycles. The van der Waals surface area contributed by atoms with Crippen LogP contribution in [0.1, 0.15) is 59.8 Å². The number of rotatable bonds is 8. The zero-order valence-corrected chi connectivity index (χ0v) is 15.0. The Morgan fingerprint density at radius 2 is 1.58 bits per heavy atom. The van der Waals surface area contributed by atoms with Crippen LogP contribution in [0, 0.1) is 5.41 Å². The summed E-state index contributed by atoms with van der Waals surface area (Å²) in [6, 6.07) is 0. The Bertz CT molecular complexity index is 247. The first-order valence-electron chi connectivity index (χ1n) is 7.58. The monoisotopic (exact) mass is 289 g/mol. The average Bonchev–Trinajstić information content (AvgIpc) is 2.18. The van der Waals surface area contributed by atoms with Gasteiger partial charge >= 0.3 is 5.97 Å². The second-order valence-electron chi connectivity index (χ2n) is 7.47. The molecule has 0 saturated carbocycles. The summed E-state index contributed by atoms with van der Waals surface area (Å²) in [5.41, 5.74) is 0.0429. The van der Waals surface area contributed by atoms with Gasteiger partial charge in [0, 0.05) is 32.7 Å². The molecule has 0 aliphatic rings. The van der Waals surface area contributed by atoms with Crippen LogP contribution in [0.3, 0.4) is 0 Å². The lowest BCUT2D eigenvalue weighted by atomic mass is 9.92. The highest BCUT2D eigenvalue weighted by Crippen LogP contribution is 2.58. The van der Waals surface area contributed by atoms with Crippen molar-refractivity contribution in [2.24, 2.45) is 5.41 Å². The highest BCUT2D eigenvalue weighted by Gasteiger charge is 2.47. The molecule has 0 spiro atoms. The highest BCUT2D eigenvalue weighted by atomic mass is 31.2. The van der Waals surface area contributed by atoms with E-state index in [-0.39, 0.29) is 17.0 Å². The average molecular weight is 289 g/mol. The van der Waals surface area contributed by atoms with E-state index in [2.05, 4.69) is 47.7 Å². The summed E-state index contributed by atoms with van der Waals surface area (Å²) in [5.74, 6) is 0.0174. The smallest absolute Gasteiger partial charge is 0.347 e. The van der Waals surface area contributed by atoms with E-state index in [1.54, 1.807) is 0 Å². The van der Waals surface area contributed by atoms with Gasteiger partial charge < -0.3 is 4.74 Å². The maximum absolute atomic E-state index is 12.3. The number of hydrogen-bond acceptors (Lipinski definition) is 2. The number of hydrogen-bond donors (Lipinski definition) is 0. The fourth-order valence-corrected chi connectivity index (χ4v) is 5.82. The Hall–Kier alpha value is -0.100. The molecule has 0 amide bonds. The minimum atomic E-state index is -1.24. The van der Waals surface area contributed by atoms with Gasteiger partial charge in [0.05, 0.1) is 6.61 Å². The molecule has 0 heterocycles. The summed E-state index contributed by atoms with van der Waals surface area (Å²) >= 11 is 0. The molecule has 1 unspecified atom stereocenters. The van der Waals surface area contributed by atoms with Crippen molar-refractivity contribution in [2.75, 3.05) is 26.6 Å². The van der Waals surface area contributed by atoms with E-state index in [0.717, 1.165) is 6.42 Å². The topological polar surface area (TPSA) is 26.3 Å². The Kier molecular flexibility index (Phi) is 8.20. The molecule has 19 heavy (non-hydrogen) atoms. The molecule has 0 aliphatic heterocycles. The fraction of sp³-hybridized carbons (Fsp3) is 0.938. The molecular formula is C16H34O2P+. The first-order valence-corrected chi connectivity index (χ1v) is 10.8. The van der Waals surface area contributed by atoms with Gasteiger partial charge in [0.25, 0.3) is 0 Å². The van der Waals surface area contributed by atoms with Crippen LogP contribution < -0.4 is 0 Å². The van der Waals surface area contributed by atoms with E-state index < -0.39 is 7.26 Å². The SMILES string of the molecule is CCCCCCCOC(=O)C(C(C)(C)C)[P+](C)(C)C. The van der Waals surface area contributed by atoms with E-state index in [1.165, 1.54) is 25.7 Å². The van der Waals surface area contributed by atoms with Crippen molar-refractivity contribution >= 4 is 13.2 Å². The van der Waals surface area contributed by atoms with Gasteiger partial charge in [0.2, 0.25) is 0 Å². The van der Waals surface area contributed by atoms with E-state index in [1.807, 2.05) is 0 Å². The molecule has 0 N–H and O–H groups in total. The molecule has 3 heteroatoms. The van der Waals surface area contributed by atoms with Gasteiger partial charge in [-0.15, -0.1) is 0 Å². The fourth-order valence-electron chi connectivity index (χ4n) is 2.79. The third kappa shape index (κ3) is 7.92. The van der Waals surface area contributed by atoms with Crippen molar-refractivity contribution in [1.82, 2.24) is 0 Å². The zero-order chi connectivity index (χ0) is 15.1. The predicted molar refractivity (Wildman–Crippen MR) is 87.7 cm³/mol. The van der Waals surface area contributed by atoms with Crippen molar-refractivity contribution in [3.63, 3.8) is 0 Å². The maximum Gasteiger partial charge on any atom is 0.347 e. The predicted octanol–water partition coefficient (Wildman–Crippen LogP) is 4.82. The van der Waals surface area contributed by atoms with Crippen LogP contribution >= 0.6 is 7.26 Å². The molecule has 114 valence electrons. The molecule has 1 atom stereocenters. The van der Waals surface area contributed by atoms with E-state index in [0.29, 0.717) is 6.61 Å². The van der Waals surface area contributed by atoms with Gasteiger partial charge in [0.1, 0.15) is 0 Å². The quantitative estimate of drug-likeness (QED) is 0.364. The Balaban J connectivity index is 4.22. The lowest BCUT2D eigenvalue weighted by Crippen LogP contribution is -2.37. The number of carbonyl (C=O) groups excluding carboxylic acids is 1. The van der Waals surface area contributed by atoms with Gasteiger partial charge in [-0.05, 0) is 6.42 Å². The minimum Gasteiger partial charge on any atom is -0.463 e. The summed E-state index contributed by atoms with van der Waals surface area (Å²) in [5, 5.41) is 0. The Labute approximate surface area is 121 Å². The second kappa shape index (κ2) is 8.25. The van der Waals surface area contributed by atoms with Gasteiger partial charge in [-0.3, -0.25) is 0 Å². The van der Waals surface area contributed by atoms with Crippen LogP contribution in [0.5, 0.6) is 0 Å². The molecule has 0 bridgehead atoms. The van der Waals surface area contributed by atoms with Crippen LogP contribution in [-0.2, 0) is 9.53 Å². The normalized spacial score (nSPS) is 14.3. The summed E-state index contributed by atoms with van der Waals surface area (Å²) in [6.07, 6.45) is 5.96. The largest absolute Gasteiger partial charge is 0.463 e. The number of esters is 1. The van der Waals surface area contributed by atoms with Gasteiger partial charge in [-0.25, -0.2) is 4.79 Å². The second-order valence-corrected chi connectivity index (χ2v) is 12.2. The first kappa shape index (κ1) is 18.9. The van der Waals surface area contributed by atoms with Crippen LogP contribution in [-0.4, -0.2) is 38.2 Å². The van der Waals surface area contributed by atoms with Gasteiger partial charge in [-0.2, -0.15) is 0 Å². The number of unbranched alkanes of at least 4 members (excludes halogenated alkanes) is 4. The van der Waals surface area contributed by atoms with Crippen LogP contribution in [0.15, 0.2) is 0 Å². The molecular weight excluding hydrogens is 255 g/mol. The highest BCUT2D eigenvalue weighted by molar-refractivity contribution is 7.75. The van der Waals surface area contributed by atoms with Crippen LogP contribution in [0.25, 0.3) is 0 Å². The first-order chi connectivity index (χ1) is 8.60. The molecule has 0 aromatic rings. The van der Waals surface area contributed by atoms with Crippen molar-refractivity contribution in [2.45, 2.75) is 65.5 Å². The minimum absolute atomic E-state index is 0.00861. The Morgan fingerprint density at radius 3 is 2.00 bits per heavy atom. The third-order valence-corrected chi connectivity index (χ3v) is 5.84. The molecule has 0 aromatic heterocycles. The van der Waals surface area contributed by atoms with Crippen LogP contribution in [0.4, 0.5) is 0 Å². The van der Waals surface area contributed by atoms with Crippen molar-refractivity contribution < 1.29 is 9.53 Å². The van der Waals surface area contributed by atoms with Crippen molar-refractivity contribution in [3.8, 4) is 0 Å². The third-order valence-electron chi connectivity index (χ3n) is 3.31. The number of ether oxygens (including phenoxy) is 1. The molecule has 0 radical (unpaired) electrons. The molecule has 0 rings (SSSR count). The molecule has 0 aromatic carbocycles.